The van der Waals surface area contributed by atoms with Gasteiger partial charge in [0.25, 0.3) is 11.8 Å². The molecule has 0 atom stereocenters. The highest BCUT2D eigenvalue weighted by atomic mass is 19.4. The molecule has 0 bridgehead atoms. The topological polar surface area (TPSA) is 58.2 Å². The van der Waals surface area contributed by atoms with Crippen LogP contribution in [0.4, 0.5) is 18.9 Å². The van der Waals surface area contributed by atoms with E-state index in [1.165, 1.54) is 12.1 Å². The van der Waals surface area contributed by atoms with Crippen LogP contribution in [0.1, 0.15) is 31.8 Å². The lowest BCUT2D eigenvalue weighted by molar-refractivity contribution is -0.137. The van der Waals surface area contributed by atoms with E-state index in [-0.39, 0.29) is 18.4 Å². The molecule has 4 nitrogen and oxygen atoms in total. The Bertz CT molecular complexity index is 983. The second kappa shape index (κ2) is 8.60. The van der Waals surface area contributed by atoms with Crippen molar-refractivity contribution >= 4 is 17.5 Å². The molecule has 0 fully saturated rings. The Morgan fingerprint density at radius 1 is 0.724 bits per heavy atom. The number of alkyl halides is 3. The second-order valence-corrected chi connectivity index (χ2v) is 6.27. The van der Waals surface area contributed by atoms with E-state index in [1.54, 1.807) is 48.5 Å². The lowest BCUT2D eigenvalue weighted by Gasteiger charge is -2.09. The number of hydrogen-bond donors (Lipinski definition) is 2. The summed E-state index contributed by atoms with van der Waals surface area (Å²) >= 11 is 0. The Kier molecular flexibility index (Phi) is 5.97. The SMILES string of the molecule is O=C(NCc1ccc(C(F)(F)F)cc1)c1ccc(NC(=O)c2ccccc2)cc1. The molecule has 0 saturated carbocycles. The summed E-state index contributed by atoms with van der Waals surface area (Å²) in [6.07, 6.45) is -4.39. The molecule has 3 aromatic rings. The normalized spacial score (nSPS) is 11.0. The number of nitrogens with one attached hydrogen (secondary N) is 2. The molecule has 0 saturated heterocycles. The molecule has 0 aliphatic carbocycles. The number of carbonyl (C=O) groups excluding carboxylic acids is 2. The number of amides is 2. The van der Waals surface area contributed by atoms with Crippen molar-refractivity contribution in [1.82, 2.24) is 5.32 Å². The van der Waals surface area contributed by atoms with E-state index in [0.717, 1.165) is 12.1 Å². The first kappa shape index (κ1) is 20.1. The van der Waals surface area contributed by atoms with Crippen LogP contribution in [0.3, 0.4) is 0 Å². The highest BCUT2D eigenvalue weighted by Crippen LogP contribution is 2.29. The lowest BCUT2D eigenvalue weighted by Crippen LogP contribution is -2.22. The van der Waals surface area contributed by atoms with Crippen molar-refractivity contribution in [3.63, 3.8) is 0 Å². The minimum atomic E-state index is -4.39. The van der Waals surface area contributed by atoms with E-state index in [4.69, 9.17) is 0 Å². The summed E-state index contributed by atoms with van der Waals surface area (Å²) in [5, 5.41) is 5.39. The van der Waals surface area contributed by atoms with E-state index < -0.39 is 11.7 Å². The van der Waals surface area contributed by atoms with Crippen LogP contribution in [0.5, 0.6) is 0 Å². The van der Waals surface area contributed by atoms with Gasteiger partial charge in [-0.05, 0) is 54.1 Å². The van der Waals surface area contributed by atoms with Crippen molar-refractivity contribution in [2.45, 2.75) is 12.7 Å². The van der Waals surface area contributed by atoms with Gasteiger partial charge in [-0.3, -0.25) is 9.59 Å². The zero-order valence-corrected chi connectivity index (χ0v) is 15.2. The van der Waals surface area contributed by atoms with Gasteiger partial charge < -0.3 is 10.6 Å². The number of hydrogen-bond acceptors (Lipinski definition) is 2. The third-order valence-corrected chi connectivity index (χ3v) is 4.18. The van der Waals surface area contributed by atoms with Crippen molar-refractivity contribution in [2.24, 2.45) is 0 Å². The van der Waals surface area contributed by atoms with Gasteiger partial charge >= 0.3 is 6.18 Å². The van der Waals surface area contributed by atoms with Crippen molar-refractivity contribution in [1.29, 1.82) is 0 Å². The maximum atomic E-state index is 12.6. The molecule has 3 rings (SSSR count). The lowest BCUT2D eigenvalue weighted by atomic mass is 10.1. The number of benzene rings is 3. The van der Waals surface area contributed by atoms with Crippen LogP contribution in [-0.4, -0.2) is 11.8 Å². The van der Waals surface area contributed by atoms with Crippen molar-refractivity contribution in [3.05, 3.63) is 101 Å². The quantitative estimate of drug-likeness (QED) is 0.643. The van der Waals surface area contributed by atoms with Gasteiger partial charge in [0.15, 0.2) is 0 Å². The maximum Gasteiger partial charge on any atom is 0.416 e. The van der Waals surface area contributed by atoms with E-state index in [0.29, 0.717) is 22.4 Å². The number of rotatable bonds is 5. The van der Waals surface area contributed by atoms with Gasteiger partial charge in [-0.15, -0.1) is 0 Å². The maximum absolute atomic E-state index is 12.6. The predicted molar refractivity (Wildman–Crippen MR) is 103 cm³/mol. The molecular formula is C22H17F3N2O2. The predicted octanol–water partition coefficient (Wildman–Crippen LogP) is 4.89. The largest absolute Gasteiger partial charge is 0.416 e. The Hall–Kier alpha value is -3.61. The van der Waals surface area contributed by atoms with E-state index in [2.05, 4.69) is 10.6 Å². The van der Waals surface area contributed by atoms with E-state index in [9.17, 15) is 22.8 Å². The fourth-order valence-electron chi connectivity index (χ4n) is 2.59. The van der Waals surface area contributed by atoms with Gasteiger partial charge in [-0.25, -0.2) is 0 Å². The van der Waals surface area contributed by atoms with Gasteiger partial charge in [0, 0.05) is 23.4 Å². The molecule has 0 heterocycles. The van der Waals surface area contributed by atoms with Crippen LogP contribution in [0.25, 0.3) is 0 Å². The Morgan fingerprint density at radius 2 is 1.31 bits per heavy atom. The van der Waals surface area contributed by atoms with Crippen molar-refractivity contribution in [2.75, 3.05) is 5.32 Å². The molecule has 0 aliphatic rings. The molecular weight excluding hydrogens is 381 g/mol. The summed E-state index contributed by atoms with van der Waals surface area (Å²) in [5.74, 6) is -0.629. The zero-order chi connectivity index (χ0) is 20.9. The summed E-state index contributed by atoms with van der Waals surface area (Å²) in [7, 11) is 0. The van der Waals surface area contributed by atoms with Gasteiger partial charge in [-0.2, -0.15) is 13.2 Å². The molecule has 0 aliphatic heterocycles. The zero-order valence-electron chi connectivity index (χ0n) is 15.2. The molecule has 7 heteroatoms. The average molecular weight is 398 g/mol. The summed E-state index contributed by atoms with van der Waals surface area (Å²) in [4.78, 5) is 24.3. The van der Waals surface area contributed by atoms with Crippen molar-refractivity contribution in [3.8, 4) is 0 Å². The van der Waals surface area contributed by atoms with Gasteiger partial charge in [0.1, 0.15) is 0 Å². The number of halogens is 3. The monoisotopic (exact) mass is 398 g/mol. The summed E-state index contributed by atoms with van der Waals surface area (Å²) in [6.45, 7) is 0.101. The van der Waals surface area contributed by atoms with E-state index in [1.807, 2.05) is 6.07 Å². The molecule has 0 aromatic heterocycles. The molecule has 29 heavy (non-hydrogen) atoms. The standard InChI is InChI=1S/C22H17F3N2O2/c23-22(24,25)18-10-6-15(7-11-18)14-26-20(28)17-8-12-19(13-9-17)27-21(29)16-4-2-1-3-5-16/h1-13H,14H2,(H,26,28)(H,27,29). The highest BCUT2D eigenvalue weighted by molar-refractivity contribution is 6.04. The van der Waals surface area contributed by atoms with Crippen LogP contribution < -0.4 is 10.6 Å². The van der Waals surface area contributed by atoms with Gasteiger partial charge in [0.2, 0.25) is 0 Å². The molecule has 3 aromatic carbocycles. The third kappa shape index (κ3) is 5.44. The van der Waals surface area contributed by atoms with Crippen LogP contribution in [-0.2, 0) is 12.7 Å². The van der Waals surface area contributed by atoms with Crippen molar-refractivity contribution < 1.29 is 22.8 Å². The van der Waals surface area contributed by atoms with Crippen LogP contribution in [0, 0.1) is 0 Å². The summed E-state index contributed by atoms with van der Waals surface area (Å²) in [6, 6.07) is 19.7. The first-order valence-electron chi connectivity index (χ1n) is 8.74. The van der Waals surface area contributed by atoms with Gasteiger partial charge in [0.05, 0.1) is 5.56 Å². The number of carbonyl (C=O) groups is 2. The first-order chi connectivity index (χ1) is 13.8. The Balaban J connectivity index is 1.55. The molecule has 0 radical (unpaired) electrons. The molecule has 2 N–H and O–H groups in total. The summed E-state index contributed by atoms with van der Waals surface area (Å²) in [5.41, 5.74) is 1.25. The van der Waals surface area contributed by atoms with Crippen LogP contribution in [0.15, 0.2) is 78.9 Å². The minimum absolute atomic E-state index is 0.101. The third-order valence-electron chi connectivity index (χ3n) is 4.18. The first-order valence-corrected chi connectivity index (χ1v) is 8.74. The minimum Gasteiger partial charge on any atom is -0.348 e. The van der Waals surface area contributed by atoms with E-state index >= 15 is 0 Å². The molecule has 0 unspecified atom stereocenters. The Morgan fingerprint density at radius 3 is 1.90 bits per heavy atom. The molecule has 2 amide bonds. The summed E-state index contributed by atoms with van der Waals surface area (Å²) < 4.78 is 37.7. The fourth-order valence-corrected chi connectivity index (χ4v) is 2.59. The second-order valence-electron chi connectivity index (χ2n) is 6.27. The van der Waals surface area contributed by atoms with Crippen LogP contribution >= 0.6 is 0 Å². The molecule has 0 spiro atoms. The smallest absolute Gasteiger partial charge is 0.348 e. The number of anilines is 1. The Labute approximate surface area is 165 Å². The van der Waals surface area contributed by atoms with Crippen LogP contribution in [0.2, 0.25) is 0 Å². The highest BCUT2D eigenvalue weighted by Gasteiger charge is 2.29. The average Bonchev–Trinajstić information content (AvgIpc) is 2.73. The fraction of sp³-hybridized carbons (Fsp3) is 0.0909. The van der Waals surface area contributed by atoms with Gasteiger partial charge in [-0.1, -0.05) is 30.3 Å². The molecule has 148 valence electrons.